The molecule has 0 unspecified atom stereocenters. The molecule has 2 aliphatic heterocycles. The Morgan fingerprint density at radius 2 is 1.01 bits per heavy atom. The van der Waals surface area contributed by atoms with E-state index in [2.05, 4.69) is 248 Å². The van der Waals surface area contributed by atoms with Crippen LogP contribution in [0.25, 0.3) is 60.6 Å². The third-order valence-electron chi connectivity index (χ3n) is 15.5. The van der Waals surface area contributed by atoms with Crippen molar-refractivity contribution in [3.8, 4) is 16.8 Å². The summed E-state index contributed by atoms with van der Waals surface area (Å²) in [5.74, 6) is 0. The van der Waals surface area contributed by atoms with Gasteiger partial charge in [-0.3, -0.25) is 0 Å². The SMILES string of the molecule is CC(C)(C)c1cc2c3c(c1)N(c1ccccc1)c1cc4nn(-c5ccccc5)nc4cc1B3c1ccc(N(c3ccc(-c4cccc5c4oc4ccccc45)cc3)c3cccc4ccccc34)cc1N2c1ccccc1. The third kappa shape index (κ3) is 6.91. The summed E-state index contributed by atoms with van der Waals surface area (Å²) in [6.07, 6.45) is 0. The summed E-state index contributed by atoms with van der Waals surface area (Å²) in [4.78, 5) is 9.18. The normalized spacial score (nSPS) is 12.9. The predicted molar refractivity (Wildman–Crippen MR) is 316 cm³/mol. The molecule has 0 saturated heterocycles. The zero-order valence-corrected chi connectivity index (χ0v) is 42.3. The average molecular weight is 977 g/mol. The van der Waals surface area contributed by atoms with Crippen molar-refractivity contribution in [3.05, 3.63) is 248 Å². The van der Waals surface area contributed by atoms with Crippen molar-refractivity contribution in [2.24, 2.45) is 0 Å². The van der Waals surface area contributed by atoms with Gasteiger partial charge in [0.15, 0.2) is 0 Å². The molecule has 0 spiro atoms. The van der Waals surface area contributed by atoms with E-state index < -0.39 is 0 Å². The molecule has 4 heterocycles. The molecule has 15 rings (SSSR count). The molecule has 76 heavy (non-hydrogen) atoms. The van der Waals surface area contributed by atoms with Crippen LogP contribution in [0.2, 0.25) is 0 Å². The van der Waals surface area contributed by atoms with Crippen molar-refractivity contribution in [1.29, 1.82) is 0 Å². The van der Waals surface area contributed by atoms with Crippen molar-refractivity contribution in [1.82, 2.24) is 15.0 Å². The van der Waals surface area contributed by atoms with Gasteiger partial charge in [-0.25, -0.2) is 0 Å². The molecular formula is C68H49BN6O. The highest BCUT2D eigenvalue weighted by molar-refractivity contribution is 7.00. The summed E-state index contributed by atoms with van der Waals surface area (Å²) >= 11 is 0. The lowest BCUT2D eigenvalue weighted by atomic mass is 9.33. The fourth-order valence-electron chi connectivity index (χ4n) is 11.9. The molecule has 0 bridgehead atoms. The van der Waals surface area contributed by atoms with Gasteiger partial charge >= 0.3 is 0 Å². The van der Waals surface area contributed by atoms with Crippen LogP contribution in [0, 0.1) is 0 Å². The van der Waals surface area contributed by atoms with E-state index in [4.69, 9.17) is 14.6 Å². The molecule has 0 fully saturated rings. The molecule has 7 nitrogen and oxygen atoms in total. The van der Waals surface area contributed by atoms with E-state index in [1.165, 1.54) is 32.7 Å². The third-order valence-corrected chi connectivity index (χ3v) is 15.5. The van der Waals surface area contributed by atoms with Crippen molar-refractivity contribution in [2.75, 3.05) is 14.7 Å². The number of benzene rings is 11. The number of anilines is 9. The van der Waals surface area contributed by atoms with Crippen molar-refractivity contribution in [3.63, 3.8) is 0 Å². The second-order valence-corrected chi connectivity index (χ2v) is 21.1. The maximum Gasteiger partial charge on any atom is 0.252 e. The molecule has 8 heteroatoms. The monoisotopic (exact) mass is 976 g/mol. The van der Waals surface area contributed by atoms with Gasteiger partial charge in [-0.05, 0) is 135 Å². The van der Waals surface area contributed by atoms with Crippen LogP contribution in [0.4, 0.5) is 51.2 Å². The molecular weight excluding hydrogens is 928 g/mol. The second-order valence-electron chi connectivity index (χ2n) is 21.1. The number of para-hydroxylation sites is 5. The first-order chi connectivity index (χ1) is 37.3. The van der Waals surface area contributed by atoms with Gasteiger partial charge in [0.1, 0.15) is 22.2 Å². The number of nitrogens with zero attached hydrogens (tertiary/aromatic N) is 6. The highest BCUT2D eigenvalue weighted by Crippen LogP contribution is 2.49. The Kier molecular flexibility index (Phi) is 9.79. The lowest BCUT2D eigenvalue weighted by molar-refractivity contribution is 0.590. The summed E-state index contributed by atoms with van der Waals surface area (Å²) in [6.45, 7) is 6.82. The molecule has 0 aliphatic carbocycles. The zero-order chi connectivity index (χ0) is 50.6. The molecule has 11 aromatic carbocycles. The Morgan fingerprint density at radius 1 is 0.447 bits per heavy atom. The minimum atomic E-state index is -0.177. The first-order valence-corrected chi connectivity index (χ1v) is 26.1. The first kappa shape index (κ1) is 43.9. The van der Waals surface area contributed by atoms with E-state index in [0.717, 1.165) is 101 Å². The fourth-order valence-corrected chi connectivity index (χ4v) is 11.9. The zero-order valence-electron chi connectivity index (χ0n) is 42.3. The van der Waals surface area contributed by atoms with Gasteiger partial charge in [0.25, 0.3) is 6.71 Å². The molecule has 0 radical (unpaired) electrons. The largest absolute Gasteiger partial charge is 0.455 e. The topological polar surface area (TPSA) is 53.6 Å². The quantitative estimate of drug-likeness (QED) is 0.148. The molecule has 0 saturated carbocycles. The summed E-state index contributed by atoms with van der Waals surface area (Å²) in [6, 6.07) is 87.5. The van der Waals surface area contributed by atoms with Gasteiger partial charge in [0.2, 0.25) is 0 Å². The molecule has 0 amide bonds. The summed E-state index contributed by atoms with van der Waals surface area (Å²) in [7, 11) is 0. The average Bonchev–Trinajstić information content (AvgIpc) is 4.09. The number of rotatable bonds is 7. The van der Waals surface area contributed by atoms with E-state index in [9.17, 15) is 0 Å². The Balaban J connectivity index is 0.976. The van der Waals surface area contributed by atoms with Crippen LogP contribution >= 0.6 is 0 Å². The van der Waals surface area contributed by atoms with Crippen LogP contribution in [0.5, 0.6) is 0 Å². The van der Waals surface area contributed by atoms with Crippen LogP contribution in [0.15, 0.2) is 247 Å². The number of aromatic nitrogens is 3. The lowest BCUT2D eigenvalue weighted by Crippen LogP contribution is -2.61. The van der Waals surface area contributed by atoms with Crippen molar-refractivity contribution < 1.29 is 4.42 Å². The van der Waals surface area contributed by atoms with E-state index in [1.54, 1.807) is 4.80 Å². The van der Waals surface area contributed by atoms with E-state index in [0.29, 0.717) is 0 Å². The molecule has 0 atom stereocenters. The van der Waals surface area contributed by atoms with Crippen LogP contribution < -0.4 is 31.1 Å². The van der Waals surface area contributed by atoms with E-state index in [-0.39, 0.29) is 12.1 Å². The first-order valence-electron chi connectivity index (χ1n) is 26.1. The lowest BCUT2D eigenvalue weighted by Gasteiger charge is -2.45. The van der Waals surface area contributed by atoms with Gasteiger partial charge in [0.05, 0.1) is 11.4 Å². The molecule has 0 N–H and O–H groups in total. The smallest absolute Gasteiger partial charge is 0.252 e. The van der Waals surface area contributed by atoms with E-state index >= 15 is 0 Å². The van der Waals surface area contributed by atoms with Crippen molar-refractivity contribution >= 4 is 118 Å². The van der Waals surface area contributed by atoms with Gasteiger partial charge in [0, 0.05) is 67.2 Å². The van der Waals surface area contributed by atoms with E-state index in [1.807, 2.05) is 30.3 Å². The van der Waals surface area contributed by atoms with Crippen LogP contribution in [-0.2, 0) is 5.41 Å². The molecule has 13 aromatic rings. The van der Waals surface area contributed by atoms with Crippen LogP contribution in [-0.4, -0.2) is 21.7 Å². The fraction of sp³-hybridized carbons (Fsp3) is 0.0588. The van der Waals surface area contributed by atoms with Gasteiger partial charge in [-0.15, -0.1) is 10.2 Å². The van der Waals surface area contributed by atoms with Gasteiger partial charge in [-0.2, -0.15) is 4.80 Å². The maximum absolute atomic E-state index is 6.55. The number of hydrogen-bond donors (Lipinski definition) is 0. The minimum Gasteiger partial charge on any atom is -0.455 e. The highest BCUT2D eigenvalue weighted by atomic mass is 16.3. The number of hydrogen-bond acceptors (Lipinski definition) is 6. The Labute approximate surface area is 441 Å². The van der Waals surface area contributed by atoms with Crippen LogP contribution in [0.3, 0.4) is 0 Å². The number of furan rings is 1. The summed E-state index contributed by atoms with van der Waals surface area (Å²) in [5.41, 5.74) is 21.1. The second kappa shape index (κ2) is 16.9. The summed E-state index contributed by atoms with van der Waals surface area (Å²) < 4.78 is 6.55. The number of fused-ring (bicyclic) bond motifs is 9. The minimum absolute atomic E-state index is 0.143. The highest BCUT2D eigenvalue weighted by Gasteiger charge is 2.45. The van der Waals surface area contributed by atoms with Crippen LogP contribution in [0.1, 0.15) is 26.3 Å². The predicted octanol–water partition coefficient (Wildman–Crippen LogP) is 16.0. The molecule has 360 valence electrons. The van der Waals surface area contributed by atoms with Crippen molar-refractivity contribution in [2.45, 2.75) is 26.2 Å². The Bertz CT molecular complexity index is 4410. The maximum atomic E-state index is 6.55. The summed E-state index contributed by atoms with van der Waals surface area (Å²) in [5, 5.41) is 14.9. The standard InChI is InChI=1S/C68H49BN6O/c1-68(2,3)46-39-63-66-64(40-46)74(48-23-9-5-10-24-48)62-43-59-58(70-75(71-59)50-25-11-6-12-26-50)42-57(62)69(66)56-38-37-51(41-61(56)73(63)47-21-7-4-8-22-47)72(60-31-17-20-44-19-13-14-27-52(44)60)49-35-33-45(34-36-49)53-29-18-30-55-54-28-15-16-32-65(54)76-67(53)55/h4-43H,1-3H3. The van der Waals surface area contributed by atoms with Gasteiger partial charge in [-0.1, -0.05) is 166 Å². The Hall–Kier alpha value is -9.66. The molecule has 2 aliphatic rings. The van der Waals surface area contributed by atoms with Gasteiger partial charge < -0.3 is 19.1 Å². The molecule has 2 aromatic heterocycles. The Morgan fingerprint density at radius 3 is 1.71 bits per heavy atom.